The van der Waals surface area contributed by atoms with Crippen molar-refractivity contribution < 1.29 is 15.0 Å². The lowest BCUT2D eigenvalue weighted by atomic mass is 9.99. The van der Waals surface area contributed by atoms with E-state index in [4.69, 9.17) is 10.2 Å². The van der Waals surface area contributed by atoms with Crippen molar-refractivity contribution in [3.63, 3.8) is 0 Å². The van der Waals surface area contributed by atoms with Gasteiger partial charge in [-0.2, -0.15) is 0 Å². The molecule has 10 heavy (non-hydrogen) atoms. The Balaban J connectivity index is 3.85. The van der Waals surface area contributed by atoms with Crippen LogP contribution in [-0.2, 0) is 4.79 Å². The van der Waals surface area contributed by atoms with Crippen molar-refractivity contribution >= 4 is 5.97 Å². The van der Waals surface area contributed by atoms with Gasteiger partial charge in [-0.3, -0.25) is 4.79 Å². The van der Waals surface area contributed by atoms with Crippen LogP contribution in [0.2, 0.25) is 0 Å². The zero-order valence-electron chi connectivity index (χ0n) is 6.37. The van der Waals surface area contributed by atoms with Crippen LogP contribution in [0.15, 0.2) is 0 Å². The Morgan fingerprint density at radius 1 is 1.60 bits per heavy atom. The normalized spacial score (nSPS) is 16.3. The van der Waals surface area contributed by atoms with E-state index in [1.807, 2.05) is 6.92 Å². The second-order valence-electron chi connectivity index (χ2n) is 2.47. The van der Waals surface area contributed by atoms with Crippen LogP contribution in [0.25, 0.3) is 0 Å². The lowest BCUT2D eigenvalue weighted by Gasteiger charge is -2.12. The zero-order chi connectivity index (χ0) is 8.15. The van der Waals surface area contributed by atoms with Gasteiger partial charge < -0.3 is 10.2 Å². The Hall–Kier alpha value is -0.570. The van der Waals surface area contributed by atoms with E-state index in [2.05, 4.69) is 0 Å². The highest BCUT2D eigenvalue weighted by Crippen LogP contribution is 2.10. The Labute approximate surface area is 60.7 Å². The number of aliphatic carboxylic acids is 1. The fourth-order valence-electron chi connectivity index (χ4n) is 0.882. The molecule has 1 unspecified atom stereocenters. The first-order valence-corrected chi connectivity index (χ1v) is 3.50. The molecule has 0 fully saturated rings. The van der Waals surface area contributed by atoms with Gasteiger partial charge in [-0.05, 0) is 13.3 Å². The number of hydrogen-bond acceptors (Lipinski definition) is 2. The minimum absolute atomic E-state index is 0.549. The predicted molar refractivity (Wildman–Crippen MR) is 37.7 cm³/mol. The number of carbonyl (C=O) groups is 1. The van der Waals surface area contributed by atoms with Gasteiger partial charge in [0.1, 0.15) is 0 Å². The quantitative estimate of drug-likeness (QED) is 0.618. The molecule has 0 aliphatic rings. The van der Waals surface area contributed by atoms with Crippen LogP contribution in [0, 0.1) is 5.92 Å². The van der Waals surface area contributed by atoms with Crippen molar-refractivity contribution in [2.75, 3.05) is 0 Å². The number of hydrogen-bond donors (Lipinski definition) is 2. The van der Waals surface area contributed by atoms with Gasteiger partial charge in [0, 0.05) is 0 Å². The lowest BCUT2D eigenvalue weighted by molar-refractivity contribution is -0.145. The van der Waals surface area contributed by atoms with Gasteiger partial charge in [0.25, 0.3) is 0 Å². The van der Waals surface area contributed by atoms with E-state index in [1.54, 1.807) is 0 Å². The first kappa shape index (κ1) is 9.43. The van der Waals surface area contributed by atoms with Crippen LogP contribution in [0.3, 0.4) is 0 Å². The molecule has 0 aromatic carbocycles. The van der Waals surface area contributed by atoms with Gasteiger partial charge in [-0.15, -0.1) is 0 Å². The maximum absolute atomic E-state index is 10.4. The molecule has 0 spiro atoms. The molecule has 0 radical (unpaired) electrons. The summed E-state index contributed by atoms with van der Waals surface area (Å²) < 4.78 is 0. The Morgan fingerprint density at radius 2 is 2.10 bits per heavy atom. The van der Waals surface area contributed by atoms with Crippen LogP contribution < -0.4 is 0 Å². The standard InChI is InChI=1S/C7H14O3/c1-3-4-6(5(2)8)7(9)10/h5-6,8H,3-4H2,1-2H3,(H,9,10)/t5-,6?/m1/s1. The van der Waals surface area contributed by atoms with Crippen molar-refractivity contribution in [1.82, 2.24) is 0 Å². The van der Waals surface area contributed by atoms with Gasteiger partial charge >= 0.3 is 5.97 Å². The SMILES string of the molecule is CCCC(C(=O)O)[C@@H](C)O. The summed E-state index contributed by atoms with van der Waals surface area (Å²) in [4.78, 5) is 10.4. The van der Waals surface area contributed by atoms with Crippen molar-refractivity contribution in [2.45, 2.75) is 32.8 Å². The van der Waals surface area contributed by atoms with Crippen LogP contribution in [0.5, 0.6) is 0 Å². The smallest absolute Gasteiger partial charge is 0.309 e. The summed E-state index contributed by atoms with van der Waals surface area (Å²) in [5.74, 6) is -1.50. The summed E-state index contributed by atoms with van der Waals surface area (Å²) in [5.41, 5.74) is 0. The van der Waals surface area contributed by atoms with Gasteiger partial charge in [0.15, 0.2) is 0 Å². The third-order valence-corrected chi connectivity index (χ3v) is 1.50. The van der Waals surface area contributed by atoms with E-state index in [0.29, 0.717) is 6.42 Å². The molecule has 0 bridgehead atoms. The van der Waals surface area contributed by atoms with Gasteiger partial charge in [0.05, 0.1) is 12.0 Å². The molecule has 0 aromatic rings. The number of carboxylic acids is 1. The molecule has 3 nitrogen and oxygen atoms in total. The number of carboxylic acid groups (broad SMARTS) is 1. The minimum Gasteiger partial charge on any atom is -0.481 e. The Morgan fingerprint density at radius 3 is 2.20 bits per heavy atom. The molecule has 60 valence electrons. The molecule has 3 heteroatoms. The maximum Gasteiger partial charge on any atom is 0.309 e. The van der Waals surface area contributed by atoms with Crippen molar-refractivity contribution in [2.24, 2.45) is 5.92 Å². The molecule has 0 aromatic heterocycles. The first-order chi connectivity index (χ1) is 4.59. The molecule has 0 aliphatic carbocycles. The summed E-state index contributed by atoms with van der Waals surface area (Å²) in [6.07, 6.45) is 0.604. The van der Waals surface area contributed by atoms with E-state index in [-0.39, 0.29) is 0 Å². The predicted octanol–water partition coefficient (Wildman–Crippen LogP) is 0.868. The summed E-state index contributed by atoms with van der Waals surface area (Å²) >= 11 is 0. The molecule has 0 amide bonds. The van der Waals surface area contributed by atoms with Gasteiger partial charge in [0.2, 0.25) is 0 Å². The van der Waals surface area contributed by atoms with E-state index >= 15 is 0 Å². The van der Waals surface area contributed by atoms with E-state index in [1.165, 1.54) is 6.92 Å². The molecule has 0 heterocycles. The molecular formula is C7H14O3. The van der Waals surface area contributed by atoms with Crippen molar-refractivity contribution in [3.8, 4) is 0 Å². The van der Waals surface area contributed by atoms with Crippen molar-refractivity contribution in [3.05, 3.63) is 0 Å². The van der Waals surface area contributed by atoms with Crippen LogP contribution in [0.4, 0.5) is 0 Å². The average molecular weight is 146 g/mol. The highest BCUT2D eigenvalue weighted by atomic mass is 16.4. The molecule has 2 atom stereocenters. The van der Waals surface area contributed by atoms with E-state index in [0.717, 1.165) is 6.42 Å². The first-order valence-electron chi connectivity index (χ1n) is 3.50. The monoisotopic (exact) mass is 146 g/mol. The van der Waals surface area contributed by atoms with Crippen LogP contribution in [-0.4, -0.2) is 22.3 Å². The number of rotatable bonds is 4. The van der Waals surface area contributed by atoms with Crippen LogP contribution >= 0.6 is 0 Å². The Bertz CT molecular complexity index is 109. The van der Waals surface area contributed by atoms with E-state index < -0.39 is 18.0 Å². The molecular weight excluding hydrogens is 132 g/mol. The molecule has 0 rings (SSSR count). The fourth-order valence-corrected chi connectivity index (χ4v) is 0.882. The third-order valence-electron chi connectivity index (χ3n) is 1.50. The van der Waals surface area contributed by atoms with Crippen molar-refractivity contribution in [1.29, 1.82) is 0 Å². The molecule has 0 saturated heterocycles. The summed E-state index contributed by atoms with van der Waals surface area (Å²) in [6, 6.07) is 0. The lowest BCUT2D eigenvalue weighted by Crippen LogP contribution is -2.25. The van der Waals surface area contributed by atoms with Crippen LogP contribution in [0.1, 0.15) is 26.7 Å². The fraction of sp³-hybridized carbons (Fsp3) is 0.857. The second kappa shape index (κ2) is 4.28. The molecule has 0 aliphatic heterocycles. The highest BCUT2D eigenvalue weighted by Gasteiger charge is 2.21. The van der Waals surface area contributed by atoms with Gasteiger partial charge in [-0.1, -0.05) is 13.3 Å². The summed E-state index contributed by atoms with van der Waals surface area (Å²) in [7, 11) is 0. The summed E-state index contributed by atoms with van der Waals surface area (Å²) in [6.45, 7) is 3.41. The largest absolute Gasteiger partial charge is 0.481 e. The number of aliphatic hydroxyl groups excluding tert-OH is 1. The molecule has 0 saturated carbocycles. The van der Waals surface area contributed by atoms with Gasteiger partial charge in [-0.25, -0.2) is 0 Å². The zero-order valence-corrected chi connectivity index (χ0v) is 6.37. The number of aliphatic hydroxyl groups is 1. The highest BCUT2D eigenvalue weighted by molar-refractivity contribution is 5.70. The topological polar surface area (TPSA) is 57.5 Å². The minimum atomic E-state index is -0.906. The second-order valence-corrected chi connectivity index (χ2v) is 2.47. The Kier molecular flexibility index (Phi) is 4.03. The maximum atomic E-state index is 10.4. The molecule has 2 N–H and O–H groups in total. The summed E-state index contributed by atoms with van der Waals surface area (Å²) in [5, 5.41) is 17.4. The average Bonchev–Trinajstić information content (AvgIpc) is 1.81. The third kappa shape index (κ3) is 2.82. The van der Waals surface area contributed by atoms with E-state index in [9.17, 15) is 4.79 Å².